The van der Waals surface area contributed by atoms with Crippen LogP contribution in [0.4, 0.5) is 0 Å². The second-order valence-electron chi connectivity index (χ2n) is 17.4. The Balaban J connectivity index is 1.15. The van der Waals surface area contributed by atoms with Gasteiger partial charge in [0.15, 0.2) is 0 Å². The van der Waals surface area contributed by atoms with Crippen LogP contribution in [0.5, 0.6) is 5.75 Å². The highest BCUT2D eigenvalue weighted by atomic mass is 16.5. The highest BCUT2D eigenvalue weighted by Crippen LogP contribution is 2.89. The van der Waals surface area contributed by atoms with E-state index in [4.69, 9.17) is 4.74 Å². The van der Waals surface area contributed by atoms with E-state index >= 15 is 0 Å². The van der Waals surface area contributed by atoms with E-state index in [0.717, 1.165) is 29.7 Å². The minimum atomic E-state index is -0.244. The van der Waals surface area contributed by atoms with E-state index < -0.39 is 0 Å². The lowest BCUT2D eigenvalue weighted by molar-refractivity contribution is -0.179. The fraction of sp³-hybridized carbons (Fsp3) is 0.732. The SMILES string of the molecule is C=C(C)[C@@H](CC)CC[C@@H](C)[C@H]1CC[C@@]2(C)[C@H]3CC[C@@H]4C(C)(C)[C@@H](OC(=O)/C=C/c5ccc(O)cc5)CC[C@@]45C[C@@]35CC[C@]12C. The largest absolute Gasteiger partial charge is 0.508 e. The van der Waals surface area contributed by atoms with Crippen LogP contribution < -0.4 is 0 Å². The molecule has 0 aliphatic heterocycles. The molecule has 242 valence electrons. The van der Waals surface area contributed by atoms with Crippen molar-refractivity contribution in [3.63, 3.8) is 0 Å². The summed E-state index contributed by atoms with van der Waals surface area (Å²) in [6.45, 7) is 21.7. The van der Waals surface area contributed by atoms with E-state index in [9.17, 15) is 9.90 Å². The summed E-state index contributed by atoms with van der Waals surface area (Å²) in [5, 5.41) is 9.54. The van der Waals surface area contributed by atoms with Crippen LogP contribution >= 0.6 is 0 Å². The highest BCUT2D eigenvalue weighted by molar-refractivity contribution is 5.87. The molecule has 5 saturated carbocycles. The summed E-state index contributed by atoms with van der Waals surface area (Å²) in [6.07, 6.45) is 19.1. The van der Waals surface area contributed by atoms with Crippen molar-refractivity contribution in [2.75, 3.05) is 0 Å². The van der Waals surface area contributed by atoms with Crippen molar-refractivity contribution < 1.29 is 14.6 Å². The molecule has 5 fully saturated rings. The van der Waals surface area contributed by atoms with Gasteiger partial charge in [-0.05, 0) is 159 Å². The summed E-state index contributed by atoms with van der Waals surface area (Å²) < 4.78 is 6.23. The summed E-state index contributed by atoms with van der Waals surface area (Å²) in [5.41, 5.74) is 4.12. The molecule has 10 atom stereocenters. The number of hydrogen-bond donors (Lipinski definition) is 1. The van der Waals surface area contributed by atoms with Crippen molar-refractivity contribution >= 4 is 12.0 Å². The Bertz CT molecular complexity index is 1290. The van der Waals surface area contributed by atoms with Gasteiger partial charge in [0.05, 0.1) is 0 Å². The Morgan fingerprint density at radius 3 is 2.32 bits per heavy atom. The van der Waals surface area contributed by atoms with Gasteiger partial charge >= 0.3 is 5.97 Å². The zero-order valence-corrected chi connectivity index (χ0v) is 28.9. The Kier molecular flexibility index (Phi) is 8.02. The fourth-order valence-electron chi connectivity index (χ4n) is 12.9. The smallest absolute Gasteiger partial charge is 0.331 e. The van der Waals surface area contributed by atoms with Crippen LogP contribution in [-0.2, 0) is 9.53 Å². The molecule has 0 unspecified atom stereocenters. The number of fused-ring (bicyclic) bond motifs is 2. The lowest BCUT2D eigenvalue weighted by Crippen LogP contribution is -2.58. The van der Waals surface area contributed by atoms with Crippen LogP contribution in [-0.4, -0.2) is 17.2 Å². The zero-order valence-electron chi connectivity index (χ0n) is 28.9. The molecule has 1 N–H and O–H groups in total. The lowest BCUT2D eigenvalue weighted by atomic mass is 9.41. The van der Waals surface area contributed by atoms with E-state index in [0.29, 0.717) is 33.5 Å². The maximum absolute atomic E-state index is 13.0. The van der Waals surface area contributed by atoms with Crippen LogP contribution in [0, 0.1) is 56.7 Å². The van der Waals surface area contributed by atoms with Gasteiger partial charge in [0.1, 0.15) is 11.9 Å². The Morgan fingerprint density at radius 1 is 0.955 bits per heavy atom. The van der Waals surface area contributed by atoms with Crippen LogP contribution in [0.1, 0.15) is 131 Å². The number of esters is 1. The third kappa shape index (κ3) is 4.67. The summed E-state index contributed by atoms with van der Waals surface area (Å²) in [5.74, 6) is 3.80. The number of aromatic hydroxyl groups is 1. The topological polar surface area (TPSA) is 46.5 Å². The molecule has 0 saturated heterocycles. The molecule has 0 bridgehead atoms. The van der Waals surface area contributed by atoms with Crippen molar-refractivity contribution in [1.29, 1.82) is 0 Å². The number of rotatable bonds is 9. The van der Waals surface area contributed by atoms with Gasteiger partial charge in [-0.15, -0.1) is 0 Å². The first-order chi connectivity index (χ1) is 20.7. The van der Waals surface area contributed by atoms with Crippen molar-refractivity contribution in [3.8, 4) is 5.75 Å². The number of carbonyl (C=O) groups is 1. The van der Waals surface area contributed by atoms with Crippen molar-refractivity contribution in [2.24, 2.45) is 56.7 Å². The number of phenolic OH excluding ortho intramolecular Hbond substituents is 1. The average Bonchev–Trinajstić information content (AvgIpc) is 3.56. The summed E-state index contributed by atoms with van der Waals surface area (Å²) in [6, 6.07) is 6.91. The van der Waals surface area contributed by atoms with Crippen LogP contribution in [0.2, 0.25) is 0 Å². The fourth-order valence-corrected chi connectivity index (χ4v) is 12.9. The molecule has 44 heavy (non-hydrogen) atoms. The monoisotopic (exact) mass is 600 g/mol. The number of ether oxygens (including phenoxy) is 1. The van der Waals surface area contributed by atoms with Gasteiger partial charge in [-0.2, -0.15) is 0 Å². The molecule has 5 aliphatic rings. The minimum absolute atomic E-state index is 0.0117. The number of carbonyl (C=O) groups excluding carboxylic acids is 1. The van der Waals surface area contributed by atoms with Crippen LogP contribution in [0.25, 0.3) is 6.08 Å². The normalized spacial score (nSPS) is 41.5. The number of allylic oxidation sites excluding steroid dienone is 1. The third-order valence-corrected chi connectivity index (χ3v) is 15.5. The first-order valence-electron chi connectivity index (χ1n) is 18.1. The molecule has 5 aliphatic carbocycles. The van der Waals surface area contributed by atoms with Gasteiger partial charge in [0.2, 0.25) is 0 Å². The van der Waals surface area contributed by atoms with Gasteiger partial charge in [-0.1, -0.05) is 65.8 Å². The molecular formula is C41H60O3. The molecule has 0 heterocycles. The number of benzene rings is 1. The molecule has 0 aromatic heterocycles. The predicted molar refractivity (Wildman–Crippen MR) is 181 cm³/mol. The third-order valence-electron chi connectivity index (χ3n) is 15.5. The van der Waals surface area contributed by atoms with Crippen molar-refractivity contribution in [3.05, 3.63) is 48.1 Å². The number of phenols is 1. The quantitative estimate of drug-likeness (QED) is 0.174. The van der Waals surface area contributed by atoms with Gasteiger partial charge < -0.3 is 9.84 Å². The summed E-state index contributed by atoms with van der Waals surface area (Å²) >= 11 is 0. The number of hydrogen-bond acceptors (Lipinski definition) is 3. The second-order valence-corrected chi connectivity index (χ2v) is 17.4. The first-order valence-corrected chi connectivity index (χ1v) is 18.1. The summed E-state index contributed by atoms with van der Waals surface area (Å²) in [7, 11) is 0. The summed E-state index contributed by atoms with van der Waals surface area (Å²) in [4.78, 5) is 13.0. The molecule has 3 nitrogen and oxygen atoms in total. The molecular weight excluding hydrogens is 540 g/mol. The maximum Gasteiger partial charge on any atom is 0.331 e. The molecule has 3 heteroatoms. The Hall–Kier alpha value is -2.03. The predicted octanol–water partition coefficient (Wildman–Crippen LogP) is 10.8. The van der Waals surface area contributed by atoms with Crippen LogP contribution in [0.15, 0.2) is 42.5 Å². The van der Waals surface area contributed by atoms with Gasteiger partial charge in [0.25, 0.3) is 0 Å². The lowest BCUT2D eigenvalue weighted by Gasteiger charge is -2.63. The Morgan fingerprint density at radius 2 is 1.64 bits per heavy atom. The molecule has 1 aromatic carbocycles. The molecule has 0 radical (unpaired) electrons. The average molecular weight is 601 g/mol. The van der Waals surface area contributed by atoms with Crippen molar-refractivity contribution in [2.45, 2.75) is 132 Å². The van der Waals surface area contributed by atoms with Crippen LogP contribution in [0.3, 0.4) is 0 Å². The highest BCUT2D eigenvalue weighted by Gasteiger charge is 2.82. The van der Waals surface area contributed by atoms with E-state index in [2.05, 4.69) is 55.0 Å². The Labute approximate surface area is 268 Å². The van der Waals surface area contributed by atoms with E-state index in [-0.39, 0.29) is 23.2 Å². The molecule has 0 amide bonds. The second kappa shape index (κ2) is 11.0. The van der Waals surface area contributed by atoms with Gasteiger partial charge in [-0.25, -0.2) is 4.79 Å². The standard InChI is InChI=1S/C41H60O3/c1-9-30(27(2)3)14-10-28(4)32-20-22-39(8)34-18-17-33-37(5,6)35(44-36(43)19-13-29-11-15-31(42)16-12-29)21-23-40(33)26-41(34,40)25-24-38(32,39)7/h11-13,15-16,19,28,30,32-35,42H,2,9-10,14,17-18,20-26H2,1,3-8H3/b19-13+/t28-,30+,32-,33-,34-,35+,38-,39+,40-,41+/m1/s1. The molecule has 2 spiro atoms. The van der Waals surface area contributed by atoms with E-state index in [1.807, 2.05) is 12.1 Å². The minimum Gasteiger partial charge on any atom is -0.508 e. The molecule has 6 rings (SSSR count). The maximum atomic E-state index is 13.0. The van der Waals surface area contributed by atoms with E-state index in [1.54, 1.807) is 24.3 Å². The van der Waals surface area contributed by atoms with Gasteiger partial charge in [0, 0.05) is 11.5 Å². The van der Waals surface area contributed by atoms with Gasteiger partial charge in [-0.3, -0.25) is 0 Å². The first kappa shape index (κ1) is 31.9. The molecule has 1 aromatic rings. The zero-order chi connectivity index (χ0) is 31.7. The van der Waals surface area contributed by atoms with E-state index in [1.165, 1.54) is 76.2 Å². The van der Waals surface area contributed by atoms with Crippen molar-refractivity contribution in [1.82, 2.24) is 0 Å².